The van der Waals surface area contributed by atoms with E-state index in [2.05, 4.69) is 0 Å². The van der Waals surface area contributed by atoms with Crippen molar-refractivity contribution in [3.05, 3.63) is 0 Å². The van der Waals surface area contributed by atoms with Crippen LogP contribution >= 0.6 is 0 Å². The second kappa shape index (κ2) is 8.91. The molecule has 5 heteroatoms. The van der Waals surface area contributed by atoms with Crippen molar-refractivity contribution in [3.63, 3.8) is 0 Å². The van der Waals surface area contributed by atoms with E-state index in [4.69, 9.17) is 10.5 Å². The van der Waals surface area contributed by atoms with Gasteiger partial charge in [-0.25, -0.2) is 0 Å². The number of carbonyl (C=O) groups is 2. The maximum absolute atomic E-state index is 12.0. The van der Waals surface area contributed by atoms with Gasteiger partial charge in [0.2, 0.25) is 5.91 Å². The molecule has 2 N–H and O–H groups in total. The first kappa shape index (κ1) is 16.9. The minimum absolute atomic E-state index is 0.00259. The molecule has 0 saturated carbocycles. The third-order valence-electron chi connectivity index (χ3n) is 2.60. The van der Waals surface area contributed by atoms with Crippen molar-refractivity contribution in [1.29, 1.82) is 0 Å². The Bertz CT molecular complexity index is 265. The van der Waals surface area contributed by atoms with Gasteiger partial charge in [0.25, 0.3) is 0 Å². The van der Waals surface area contributed by atoms with Crippen LogP contribution in [0.3, 0.4) is 0 Å². The van der Waals surface area contributed by atoms with Gasteiger partial charge in [-0.1, -0.05) is 0 Å². The summed E-state index contributed by atoms with van der Waals surface area (Å²) in [5.74, 6) is -0.370. The van der Waals surface area contributed by atoms with Gasteiger partial charge in [-0.2, -0.15) is 0 Å². The number of hydrogen-bond acceptors (Lipinski definition) is 4. The molecule has 0 aromatic carbocycles. The highest BCUT2D eigenvalue weighted by Gasteiger charge is 2.20. The number of esters is 1. The smallest absolute Gasteiger partial charge is 0.325 e. The molecular weight excluding hydrogens is 232 g/mol. The molecule has 0 fully saturated rings. The van der Waals surface area contributed by atoms with E-state index in [0.717, 1.165) is 12.8 Å². The van der Waals surface area contributed by atoms with E-state index >= 15 is 0 Å². The van der Waals surface area contributed by atoms with Gasteiger partial charge in [-0.05, 0) is 40.5 Å². The Balaban J connectivity index is 4.23. The lowest BCUT2D eigenvalue weighted by Gasteiger charge is -2.25. The van der Waals surface area contributed by atoms with Crippen LogP contribution in [0, 0.1) is 0 Å². The summed E-state index contributed by atoms with van der Waals surface area (Å²) in [6.45, 7) is 7.82. The topological polar surface area (TPSA) is 72.6 Å². The zero-order valence-electron chi connectivity index (χ0n) is 11.9. The highest BCUT2D eigenvalue weighted by molar-refractivity contribution is 5.82. The van der Waals surface area contributed by atoms with Gasteiger partial charge in [-0.3, -0.25) is 9.59 Å². The molecule has 0 spiro atoms. The minimum atomic E-state index is -0.355. The van der Waals surface area contributed by atoms with Gasteiger partial charge in [0.15, 0.2) is 0 Å². The molecule has 0 aromatic rings. The van der Waals surface area contributed by atoms with Crippen molar-refractivity contribution < 1.29 is 14.3 Å². The van der Waals surface area contributed by atoms with Crippen molar-refractivity contribution in [2.45, 2.75) is 59.0 Å². The summed E-state index contributed by atoms with van der Waals surface area (Å²) in [7, 11) is 0. The molecule has 0 aliphatic carbocycles. The Labute approximate surface area is 110 Å². The summed E-state index contributed by atoms with van der Waals surface area (Å²) in [5.41, 5.74) is 5.64. The van der Waals surface area contributed by atoms with Crippen LogP contribution in [-0.2, 0) is 14.3 Å². The fraction of sp³-hybridized carbons (Fsp3) is 0.846. The average Bonchev–Trinajstić information content (AvgIpc) is 2.25. The molecular formula is C13H26N2O3. The van der Waals surface area contributed by atoms with Crippen molar-refractivity contribution in [2.75, 3.05) is 13.2 Å². The van der Waals surface area contributed by atoms with E-state index in [0.29, 0.717) is 13.0 Å². The van der Waals surface area contributed by atoms with Crippen molar-refractivity contribution in [2.24, 2.45) is 5.73 Å². The normalized spacial score (nSPS) is 12.3. The summed E-state index contributed by atoms with van der Waals surface area (Å²) >= 11 is 0. The fourth-order valence-corrected chi connectivity index (χ4v) is 1.62. The minimum Gasteiger partial charge on any atom is -0.465 e. The van der Waals surface area contributed by atoms with Crippen molar-refractivity contribution in [1.82, 2.24) is 4.90 Å². The number of ether oxygens (including phenoxy) is 1. The molecule has 106 valence electrons. The Hall–Kier alpha value is -1.10. The predicted octanol–water partition coefficient (Wildman–Crippen LogP) is 1.30. The van der Waals surface area contributed by atoms with Crippen LogP contribution in [0.15, 0.2) is 0 Å². The zero-order valence-corrected chi connectivity index (χ0v) is 11.9. The lowest BCUT2D eigenvalue weighted by Crippen LogP contribution is -2.41. The number of carbonyl (C=O) groups excluding carboxylic acids is 2. The highest BCUT2D eigenvalue weighted by Crippen LogP contribution is 2.07. The van der Waals surface area contributed by atoms with Crippen LogP contribution in [0.2, 0.25) is 0 Å². The van der Waals surface area contributed by atoms with Crippen molar-refractivity contribution in [3.8, 4) is 0 Å². The summed E-state index contributed by atoms with van der Waals surface area (Å²) < 4.78 is 4.86. The number of hydrogen-bond donors (Lipinski definition) is 1. The van der Waals surface area contributed by atoms with E-state index in [1.54, 1.807) is 11.8 Å². The maximum atomic E-state index is 12.0. The number of amides is 1. The molecule has 0 aliphatic rings. The van der Waals surface area contributed by atoms with Gasteiger partial charge in [-0.15, -0.1) is 0 Å². The Kier molecular flexibility index (Phi) is 8.37. The van der Waals surface area contributed by atoms with Crippen LogP contribution in [0.5, 0.6) is 0 Å². The Morgan fingerprint density at radius 3 is 2.33 bits per heavy atom. The molecule has 18 heavy (non-hydrogen) atoms. The molecule has 0 saturated heterocycles. The van der Waals surface area contributed by atoms with Crippen LogP contribution < -0.4 is 5.73 Å². The molecule has 0 heterocycles. The molecule has 0 rings (SSSR count). The monoisotopic (exact) mass is 258 g/mol. The molecule has 1 amide bonds. The van der Waals surface area contributed by atoms with E-state index in [1.807, 2.05) is 20.8 Å². The quantitative estimate of drug-likeness (QED) is 0.666. The number of nitrogens with two attached hydrogens (primary N) is 1. The molecule has 0 bridgehead atoms. The first-order valence-corrected chi connectivity index (χ1v) is 6.59. The maximum Gasteiger partial charge on any atom is 0.325 e. The highest BCUT2D eigenvalue weighted by atomic mass is 16.5. The van der Waals surface area contributed by atoms with E-state index in [9.17, 15) is 9.59 Å². The molecule has 1 atom stereocenters. The molecule has 5 nitrogen and oxygen atoms in total. The second-order valence-electron chi connectivity index (χ2n) is 4.79. The van der Waals surface area contributed by atoms with Crippen LogP contribution in [0.4, 0.5) is 0 Å². The number of rotatable bonds is 8. The average molecular weight is 258 g/mol. The Morgan fingerprint density at radius 2 is 1.89 bits per heavy atom. The molecule has 0 radical (unpaired) electrons. The van der Waals surface area contributed by atoms with E-state index in [-0.39, 0.29) is 30.5 Å². The van der Waals surface area contributed by atoms with E-state index < -0.39 is 0 Å². The molecule has 1 unspecified atom stereocenters. The van der Waals surface area contributed by atoms with Crippen molar-refractivity contribution >= 4 is 11.9 Å². The molecule has 0 aliphatic heterocycles. The van der Waals surface area contributed by atoms with Crippen LogP contribution in [-0.4, -0.2) is 42.0 Å². The van der Waals surface area contributed by atoms with Gasteiger partial charge in [0.05, 0.1) is 6.61 Å². The van der Waals surface area contributed by atoms with Gasteiger partial charge < -0.3 is 15.4 Å². The number of nitrogens with zero attached hydrogens (tertiary/aromatic N) is 1. The zero-order chi connectivity index (χ0) is 14.1. The predicted molar refractivity (Wildman–Crippen MR) is 71.0 cm³/mol. The molecule has 0 aromatic heterocycles. The first-order chi connectivity index (χ1) is 8.38. The summed E-state index contributed by atoms with van der Waals surface area (Å²) in [4.78, 5) is 24.9. The van der Waals surface area contributed by atoms with Gasteiger partial charge in [0.1, 0.15) is 6.54 Å². The van der Waals surface area contributed by atoms with Crippen LogP contribution in [0.25, 0.3) is 0 Å². The summed E-state index contributed by atoms with van der Waals surface area (Å²) in [6, 6.07) is 0.104. The standard InChI is InChI=1S/C13H26N2O3/c1-5-18-13(17)9-15(10(2)3)12(16)8-6-7-11(4)14/h10-11H,5-9,14H2,1-4H3. The SMILES string of the molecule is CCOC(=O)CN(C(=O)CCCC(C)N)C(C)C. The Morgan fingerprint density at radius 1 is 1.28 bits per heavy atom. The summed E-state index contributed by atoms with van der Waals surface area (Å²) in [5, 5.41) is 0. The second-order valence-corrected chi connectivity index (χ2v) is 4.79. The van der Waals surface area contributed by atoms with Crippen LogP contribution in [0.1, 0.15) is 47.0 Å². The van der Waals surface area contributed by atoms with Gasteiger partial charge in [0, 0.05) is 18.5 Å². The largest absolute Gasteiger partial charge is 0.465 e. The third kappa shape index (κ3) is 7.27. The first-order valence-electron chi connectivity index (χ1n) is 6.59. The van der Waals surface area contributed by atoms with E-state index in [1.165, 1.54) is 0 Å². The lowest BCUT2D eigenvalue weighted by atomic mass is 10.1. The van der Waals surface area contributed by atoms with Gasteiger partial charge >= 0.3 is 5.97 Å². The summed E-state index contributed by atoms with van der Waals surface area (Å²) in [6.07, 6.45) is 2.00. The fourth-order valence-electron chi connectivity index (χ4n) is 1.62. The third-order valence-corrected chi connectivity index (χ3v) is 2.60. The lowest BCUT2D eigenvalue weighted by molar-refractivity contribution is -0.150.